The Labute approximate surface area is 118 Å². The Kier molecular flexibility index (Phi) is 5.10. The highest BCUT2D eigenvalue weighted by Gasteiger charge is 2.33. The van der Waals surface area contributed by atoms with Gasteiger partial charge in [0.2, 0.25) is 10.0 Å². The van der Waals surface area contributed by atoms with Crippen molar-refractivity contribution in [1.82, 2.24) is 4.72 Å². The molecule has 20 heavy (non-hydrogen) atoms. The van der Waals surface area contributed by atoms with Crippen LogP contribution < -0.4 is 4.72 Å². The normalized spacial score (nSPS) is 19.1. The van der Waals surface area contributed by atoms with Crippen molar-refractivity contribution >= 4 is 10.0 Å². The predicted octanol–water partition coefficient (Wildman–Crippen LogP) is 3.24. The molecule has 1 aromatic carbocycles. The molecule has 0 bridgehead atoms. The van der Waals surface area contributed by atoms with Gasteiger partial charge in [-0.25, -0.2) is 21.9 Å². The first-order chi connectivity index (χ1) is 9.50. The molecule has 1 fully saturated rings. The second-order valence-corrected chi connectivity index (χ2v) is 7.14. The summed E-state index contributed by atoms with van der Waals surface area (Å²) in [5.74, 6) is 0. The Bertz CT molecular complexity index is 513. The third-order valence-corrected chi connectivity index (χ3v) is 5.62. The van der Waals surface area contributed by atoms with Gasteiger partial charge in [0.1, 0.15) is 6.04 Å². The molecule has 0 aliphatic heterocycles. The Balaban J connectivity index is 2.15. The summed E-state index contributed by atoms with van der Waals surface area (Å²) in [5.41, 5.74) is 0.293. The van der Waals surface area contributed by atoms with Crippen molar-refractivity contribution in [3.8, 4) is 0 Å². The molecule has 2 rings (SSSR count). The Hall–Kier alpha value is -1.01. The molecule has 0 heterocycles. The average molecular weight is 303 g/mol. The fourth-order valence-electron chi connectivity index (χ4n) is 2.57. The second-order valence-electron chi connectivity index (χ2n) is 5.15. The molecule has 0 aromatic heterocycles. The van der Waals surface area contributed by atoms with Gasteiger partial charge in [-0.2, -0.15) is 0 Å². The lowest BCUT2D eigenvalue weighted by Gasteiger charge is -2.25. The summed E-state index contributed by atoms with van der Waals surface area (Å²) in [6.45, 7) is 0. The standard InChI is InChI=1S/C14H19F2NO2S/c15-14(16)13(11-7-3-1-4-8-11)17-20(18,19)12-9-5-2-6-10-12/h1,3-4,7-8,12-14,17H,2,5-6,9-10H2. The minimum Gasteiger partial charge on any atom is -0.212 e. The first-order valence-corrected chi connectivity index (χ1v) is 8.39. The number of hydrogen-bond donors (Lipinski definition) is 1. The molecule has 1 atom stereocenters. The van der Waals surface area contributed by atoms with E-state index in [9.17, 15) is 17.2 Å². The number of benzene rings is 1. The van der Waals surface area contributed by atoms with E-state index in [1.165, 1.54) is 12.1 Å². The molecular weight excluding hydrogens is 284 g/mol. The van der Waals surface area contributed by atoms with E-state index in [0.29, 0.717) is 18.4 Å². The molecule has 0 saturated heterocycles. The maximum absolute atomic E-state index is 13.2. The van der Waals surface area contributed by atoms with Gasteiger partial charge in [-0.3, -0.25) is 0 Å². The summed E-state index contributed by atoms with van der Waals surface area (Å²) in [6.07, 6.45) is 1.05. The number of hydrogen-bond acceptors (Lipinski definition) is 2. The summed E-state index contributed by atoms with van der Waals surface area (Å²) in [5, 5.41) is -0.541. The zero-order valence-corrected chi connectivity index (χ0v) is 12.0. The topological polar surface area (TPSA) is 46.2 Å². The molecular formula is C14H19F2NO2S. The first kappa shape index (κ1) is 15.4. The fourth-order valence-corrected chi connectivity index (χ4v) is 4.31. The fraction of sp³-hybridized carbons (Fsp3) is 0.571. The van der Waals surface area contributed by atoms with Crippen molar-refractivity contribution in [2.24, 2.45) is 0 Å². The van der Waals surface area contributed by atoms with E-state index in [0.717, 1.165) is 19.3 Å². The van der Waals surface area contributed by atoms with Crippen LogP contribution in [0.2, 0.25) is 0 Å². The number of sulfonamides is 1. The molecule has 1 unspecified atom stereocenters. The highest BCUT2D eigenvalue weighted by atomic mass is 32.2. The van der Waals surface area contributed by atoms with Gasteiger partial charge >= 0.3 is 0 Å². The van der Waals surface area contributed by atoms with Crippen LogP contribution >= 0.6 is 0 Å². The Morgan fingerprint density at radius 2 is 1.65 bits per heavy atom. The van der Waals surface area contributed by atoms with Gasteiger partial charge in [-0.15, -0.1) is 0 Å². The molecule has 0 spiro atoms. The van der Waals surface area contributed by atoms with Gasteiger partial charge in [0.05, 0.1) is 5.25 Å². The van der Waals surface area contributed by atoms with Crippen LogP contribution in [-0.2, 0) is 10.0 Å². The first-order valence-electron chi connectivity index (χ1n) is 6.85. The summed E-state index contributed by atoms with van der Waals surface area (Å²) in [7, 11) is -3.71. The average Bonchev–Trinajstić information content (AvgIpc) is 2.46. The van der Waals surface area contributed by atoms with Gasteiger partial charge in [0, 0.05) is 0 Å². The van der Waals surface area contributed by atoms with Crippen LogP contribution in [0.1, 0.15) is 43.7 Å². The van der Waals surface area contributed by atoms with Crippen molar-refractivity contribution in [3.63, 3.8) is 0 Å². The number of halogens is 2. The molecule has 1 N–H and O–H groups in total. The minimum absolute atomic E-state index is 0.293. The second kappa shape index (κ2) is 6.63. The van der Waals surface area contributed by atoms with Crippen LogP contribution in [-0.4, -0.2) is 20.1 Å². The summed E-state index contributed by atoms with van der Waals surface area (Å²) >= 11 is 0. The van der Waals surface area contributed by atoms with Crippen molar-refractivity contribution in [2.45, 2.75) is 49.8 Å². The van der Waals surface area contributed by atoms with E-state index in [-0.39, 0.29) is 0 Å². The van der Waals surface area contributed by atoms with Crippen LogP contribution in [0.5, 0.6) is 0 Å². The molecule has 0 amide bonds. The van der Waals surface area contributed by atoms with E-state index >= 15 is 0 Å². The largest absolute Gasteiger partial charge is 0.258 e. The van der Waals surface area contributed by atoms with E-state index in [4.69, 9.17) is 0 Å². The van der Waals surface area contributed by atoms with E-state index in [1.807, 2.05) is 0 Å². The molecule has 1 aliphatic carbocycles. The number of rotatable bonds is 5. The van der Waals surface area contributed by atoms with Crippen molar-refractivity contribution in [3.05, 3.63) is 35.9 Å². The van der Waals surface area contributed by atoms with Crippen molar-refractivity contribution in [2.75, 3.05) is 0 Å². The molecule has 1 aromatic rings. The summed E-state index contributed by atoms with van der Waals surface area (Å²) < 4.78 is 53.0. The van der Waals surface area contributed by atoms with Gasteiger partial charge < -0.3 is 0 Å². The van der Waals surface area contributed by atoms with Gasteiger partial charge in [0.15, 0.2) is 0 Å². The predicted molar refractivity (Wildman–Crippen MR) is 74.1 cm³/mol. The Morgan fingerprint density at radius 3 is 2.20 bits per heavy atom. The SMILES string of the molecule is O=S(=O)(NC(c1ccccc1)C(F)F)C1CCCCC1. The molecule has 3 nitrogen and oxygen atoms in total. The highest BCUT2D eigenvalue weighted by Crippen LogP contribution is 2.27. The summed E-state index contributed by atoms with van der Waals surface area (Å²) in [6, 6.07) is 6.52. The minimum atomic E-state index is -3.71. The van der Waals surface area contributed by atoms with Gasteiger partial charge in [-0.1, -0.05) is 49.6 Å². The smallest absolute Gasteiger partial charge is 0.212 e. The van der Waals surface area contributed by atoms with Crippen molar-refractivity contribution < 1.29 is 17.2 Å². The van der Waals surface area contributed by atoms with Crippen LogP contribution in [0, 0.1) is 0 Å². The molecule has 0 radical (unpaired) electrons. The number of alkyl halides is 2. The third-order valence-electron chi connectivity index (χ3n) is 3.69. The summed E-state index contributed by atoms with van der Waals surface area (Å²) in [4.78, 5) is 0. The quantitative estimate of drug-likeness (QED) is 0.907. The van der Waals surface area contributed by atoms with E-state index in [2.05, 4.69) is 4.72 Å². The monoisotopic (exact) mass is 303 g/mol. The van der Waals surface area contributed by atoms with Gasteiger partial charge in [0.25, 0.3) is 6.43 Å². The maximum Gasteiger partial charge on any atom is 0.258 e. The lowest BCUT2D eigenvalue weighted by atomic mass is 10.0. The molecule has 112 valence electrons. The number of nitrogens with one attached hydrogen (secondary N) is 1. The van der Waals surface area contributed by atoms with Crippen LogP contribution in [0.25, 0.3) is 0 Å². The van der Waals surface area contributed by atoms with Gasteiger partial charge in [-0.05, 0) is 18.4 Å². The zero-order chi connectivity index (χ0) is 14.6. The lowest BCUT2D eigenvalue weighted by Crippen LogP contribution is -2.40. The molecule has 6 heteroatoms. The van der Waals surface area contributed by atoms with Crippen LogP contribution in [0.3, 0.4) is 0 Å². The maximum atomic E-state index is 13.2. The van der Waals surface area contributed by atoms with Crippen LogP contribution in [0.4, 0.5) is 8.78 Å². The third kappa shape index (κ3) is 3.76. The van der Waals surface area contributed by atoms with E-state index in [1.54, 1.807) is 18.2 Å². The lowest BCUT2D eigenvalue weighted by molar-refractivity contribution is 0.109. The molecule has 1 saturated carbocycles. The van der Waals surface area contributed by atoms with Crippen molar-refractivity contribution in [1.29, 1.82) is 0 Å². The zero-order valence-electron chi connectivity index (χ0n) is 11.1. The Morgan fingerprint density at radius 1 is 1.05 bits per heavy atom. The molecule has 1 aliphatic rings. The van der Waals surface area contributed by atoms with E-state index < -0.39 is 27.7 Å². The highest BCUT2D eigenvalue weighted by molar-refractivity contribution is 7.90. The van der Waals surface area contributed by atoms with Crippen LogP contribution in [0.15, 0.2) is 30.3 Å².